The largest absolute Gasteiger partial charge is 0.348 e. The van der Waals surface area contributed by atoms with E-state index in [1.165, 1.54) is 0 Å². The summed E-state index contributed by atoms with van der Waals surface area (Å²) in [6.07, 6.45) is 2.73. The second-order valence-corrected chi connectivity index (χ2v) is 3.51. The maximum Gasteiger partial charge on any atom is 0.270 e. The number of hydrogen-bond acceptors (Lipinski definition) is 2. The molecule has 2 rings (SSSR count). The Kier molecular flexibility index (Phi) is 2.00. The molecule has 0 saturated heterocycles. The Hall–Kier alpha value is -1.38. The zero-order valence-electron chi connectivity index (χ0n) is 7.53. The first-order chi connectivity index (χ1) is 6.27. The fourth-order valence-corrected chi connectivity index (χ4v) is 1.26. The minimum Gasteiger partial charge on any atom is -0.348 e. The van der Waals surface area contributed by atoms with Crippen LogP contribution in [0.4, 0.5) is 0 Å². The van der Waals surface area contributed by atoms with Gasteiger partial charge in [-0.2, -0.15) is 0 Å². The van der Waals surface area contributed by atoms with Crippen LogP contribution < -0.4 is 5.32 Å². The molecule has 2 atom stereocenters. The highest BCUT2D eigenvalue weighted by atomic mass is 16.2. The van der Waals surface area contributed by atoms with E-state index in [9.17, 15) is 4.79 Å². The molecule has 0 unspecified atom stereocenters. The highest BCUT2D eigenvalue weighted by molar-refractivity contribution is 5.92. The molecule has 1 aromatic heterocycles. The first kappa shape index (κ1) is 8.23. The van der Waals surface area contributed by atoms with Crippen LogP contribution in [0.15, 0.2) is 24.4 Å². The number of aromatic nitrogens is 1. The molecule has 0 bridgehead atoms. The second-order valence-electron chi connectivity index (χ2n) is 3.51. The number of carbonyl (C=O) groups excluding carboxylic acids is 1. The first-order valence-electron chi connectivity index (χ1n) is 4.49. The van der Waals surface area contributed by atoms with Crippen molar-refractivity contribution >= 4 is 5.91 Å². The van der Waals surface area contributed by atoms with Gasteiger partial charge in [0.2, 0.25) is 0 Å². The summed E-state index contributed by atoms with van der Waals surface area (Å²) in [5.74, 6) is 0.572. The molecule has 1 fully saturated rings. The van der Waals surface area contributed by atoms with Crippen molar-refractivity contribution in [2.75, 3.05) is 0 Å². The van der Waals surface area contributed by atoms with E-state index in [-0.39, 0.29) is 5.91 Å². The molecular weight excluding hydrogens is 164 g/mol. The number of carbonyl (C=O) groups is 1. The summed E-state index contributed by atoms with van der Waals surface area (Å²) in [7, 11) is 0. The summed E-state index contributed by atoms with van der Waals surface area (Å²) in [6.45, 7) is 2.13. The van der Waals surface area contributed by atoms with Crippen molar-refractivity contribution in [1.29, 1.82) is 0 Å². The number of amides is 1. The highest BCUT2D eigenvalue weighted by Gasteiger charge is 2.34. The molecule has 3 heteroatoms. The Morgan fingerprint density at radius 1 is 1.62 bits per heavy atom. The lowest BCUT2D eigenvalue weighted by Gasteiger charge is -2.01. The summed E-state index contributed by atoms with van der Waals surface area (Å²) in [4.78, 5) is 15.4. The molecular formula is C10H12N2O. The van der Waals surface area contributed by atoms with E-state index in [2.05, 4.69) is 17.2 Å². The monoisotopic (exact) mass is 176 g/mol. The molecule has 1 aromatic rings. The Morgan fingerprint density at radius 2 is 2.38 bits per heavy atom. The normalized spacial score (nSPS) is 25.3. The first-order valence-corrected chi connectivity index (χ1v) is 4.49. The number of nitrogens with zero attached hydrogens (tertiary/aromatic N) is 1. The zero-order chi connectivity index (χ0) is 9.26. The topological polar surface area (TPSA) is 42.0 Å². The highest BCUT2D eigenvalue weighted by Crippen LogP contribution is 2.29. The van der Waals surface area contributed by atoms with Gasteiger partial charge in [0.15, 0.2) is 0 Å². The van der Waals surface area contributed by atoms with E-state index in [1.54, 1.807) is 18.3 Å². The zero-order valence-corrected chi connectivity index (χ0v) is 7.53. The Morgan fingerprint density at radius 3 is 2.92 bits per heavy atom. The van der Waals surface area contributed by atoms with Crippen molar-refractivity contribution in [2.45, 2.75) is 19.4 Å². The number of nitrogens with one attached hydrogen (secondary N) is 1. The lowest BCUT2D eigenvalue weighted by Crippen LogP contribution is -2.27. The standard InChI is InChI=1S/C10H12N2O/c1-7-6-9(7)12-10(13)8-4-2-3-5-11-8/h2-5,7,9H,6H2,1H3,(H,12,13)/t7-,9-/m1/s1. The molecule has 68 valence electrons. The van der Waals surface area contributed by atoms with E-state index in [0.29, 0.717) is 17.7 Å². The van der Waals surface area contributed by atoms with Crippen molar-refractivity contribution in [1.82, 2.24) is 10.3 Å². The minimum atomic E-state index is -0.0602. The van der Waals surface area contributed by atoms with Crippen LogP contribution in [0.2, 0.25) is 0 Å². The molecule has 13 heavy (non-hydrogen) atoms. The minimum absolute atomic E-state index is 0.0602. The SMILES string of the molecule is C[C@@H]1C[C@H]1NC(=O)c1ccccn1. The average molecular weight is 176 g/mol. The van der Waals surface area contributed by atoms with Crippen molar-refractivity contribution in [3.63, 3.8) is 0 Å². The molecule has 0 radical (unpaired) electrons. The second kappa shape index (κ2) is 3.17. The molecule has 1 saturated carbocycles. The van der Waals surface area contributed by atoms with E-state index in [1.807, 2.05) is 6.07 Å². The summed E-state index contributed by atoms with van der Waals surface area (Å²) in [5.41, 5.74) is 0.501. The summed E-state index contributed by atoms with van der Waals surface area (Å²) >= 11 is 0. The van der Waals surface area contributed by atoms with Crippen LogP contribution in [-0.4, -0.2) is 16.9 Å². The van der Waals surface area contributed by atoms with E-state index >= 15 is 0 Å². The van der Waals surface area contributed by atoms with Crippen LogP contribution in [-0.2, 0) is 0 Å². The molecule has 1 amide bonds. The van der Waals surface area contributed by atoms with E-state index in [0.717, 1.165) is 6.42 Å². The fraction of sp³-hybridized carbons (Fsp3) is 0.400. The molecule has 0 spiro atoms. The van der Waals surface area contributed by atoms with Crippen LogP contribution in [0.1, 0.15) is 23.8 Å². The summed E-state index contributed by atoms with van der Waals surface area (Å²) in [6, 6.07) is 5.71. The van der Waals surface area contributed by atoms with Gasteiger partial charge in [-0.25, -0.2) is 0 Å². The Labute approximate surface area is 77.2 Å². The van der Waals surface area contributed by atoms with Crippen LogP contribution in [0.25, 0.3) is 0 Å². The third-order valence-corrected chi connectivity index (χ3v) is 2.32. The summed E-state index contributed by atoms with van der Waals surface area (Å²) < 4.78 is 0. The molecule has 0 aromatic carbocycles. The molecule has 1 aliphatic rings. The number of rotatable bonds is 2. The van der Waals surface area contributed by atoms with Gasteiger partial charge in [-0.3, -0.25) is 9.78 Å². The maximum absolute atomic E-state index is 11.5. The predicted octanol–water partition coefficient (Wildman–Crippen LogP) is 1.22. The van der Waals surface area contributed by atoms with Crippen LogP contribution in [0.3, 0.4) is 0 Å². The van der Waals surface area contributed by atoms with E-state index < -0.39 is 0 Å². The Balaban J connectivity index is 1.98. The summed E-state index contributed by atoms with van der Waals surface area (Å²) in [5, 5.41) is 2.92. The number of pyridine rings is 1. The average Bonchev–Trinajstić information content (AvgIpc) is 2.83. The van der Waals surface area contributed by atoms with Crippen molar-refractivity contribution < 1.29 is 4.79 Å². The van der Waals surface area contributed by atoms with Crippen LogP contribution in [0, 0.1) is 5.92 Å². The predicted molar refractivity (Wildman–Crippen MR) is 49.3 cm³/mol. The molecule has 1 aliphatic carbocycles. The van der Waals surface area contributed by atoms with Crippen molar-refractivity contribution in [3.8, 4) is 0 Å². The Bertz CT molecular complexity index is 310. The van der Waals surface area contributed by atoms with Gasteiger partial charge in [-0.15, -0.1) is 0 Å². The quantitative estimate of drug-likeness (QED) is 0.736. The van der Waals surface area contributed by atoms with Crippen molar-refractivity contribution in [2.24, 2.45) is 5.92 Å². The van der Waals surface area contributed by atoms with Gasteiger partial charge >= 0.3 is 0 Å². The van der Waals surface area contributed by atoms with Gasteiger partial charge < -0.3 is 5.32 Å². The smallest absolute Gasteiger partial charge is 0.270 e. The van der Waals surface area contributed by atoms with Gasteiger partial charge in [0, 0.05) is 12.2 Å². The molecule has 3 nitrogen and oxygen atoms in total. The van der Waals surface area contributed by atoms with Crippen LogP contribution >= 0.6 is 0 Å². The van der Waals surface area contributed by atoms with Gasteiger partial charge in [0.1, 0.15) is 5.69 Å². The lowest BCUT2D eigenvalue weighted by molar-refractivity contribution is 0.0944. The van der Waals surface area contributed by atoms with E-state index in [4.69, 9.17) is 0 Å². The third-order valence-electron chi connectivity index (χ3n) is 2.32. The number of hydrogen-bond donors (Lipinski definition) is 1. The molecule has 1 N–H and O–H groups in total. The van der Waals surface area contributed by atoms with Gasteiger partial charge in [-0.1, -0.05) is 13.0 Å². The van der Waals surface area contributed by atoms with Crippen LogP contribution in [0.5, 0.6) is 0 Å². The van der Waals surface area contributed by atoms with Gasteiger partial charge in [-0.05, 0) is 24.5 Å². The third kappa shape index (κ3) is 1.86. The lowest BCUT2D eigenvalue weighted by atomic mass is 10.3. The maximum atomic E-state index is 11.5. The van der Waals surface area contributed by atoms with Gasteiger partial charge in [0.05, 0.1) is 0 Å². The molecule has 0 aliphatic heterocycles. The molecule has 1 heterocycles. The van der Waals surface area contributed by atoms with Gasteiger partial charge in [0.25, 0.3) is 5.91 Å². The fourth-order valence-electron chi connectivity index (χ4n) is 1.26. The van der Waals surface area contributed by atoms with Crippen molar-refractivity contribution in [3.05, 3.63) is 30.1 Å².